The maximum atomic E-state index is 8.88. The molecule has 0 fully saturated rings. The third-order valence-corrected chi connectivity index (χ3v) is 1.54. The molecule has 0 heterocycles. The van der Waals surface area contributed by atoms with Gasteiger partial charge in [0.25, 0.3) is 0 Å². The molecule has 4 nitrogen and oxygen atoms in total. The van der Waals surface area contributed by atoms with E-state index in [-0.39, 0.29) is 16.5 Å². The second-order valence-electron chi connectivity index (χ2n) is 2.93. The largest absolute Gasteiger partial charge is 0.466 e. The Morgan fingerprint density at radius 1 is 1.29 bits per heavy atom. The van der Waals surface area contributed by atoms with Gasteiger partial charge in [-0.2, -0.15) is 5.92 Å². The van der Waals surface area contributed by atoms with Crippen molar-refractivity contribution < 1.29 is 35.7 Å². The van der Waals surface area contributed by atoms with Crippen molar-refractivity contribution in [3.05, 3.63) is 6.92 Å². The van der Waals surface area contributed by atoms with Gasteiger partial charge >= 0.3 is 7.82 Å². The standard InChI is InChI=1S/C8H17.Ni.H3O4P/c1-4-6-7-8(3)5-2;;1-5(2,3)4/h8H,3-7H2,1-2H3;;(H3,1,2,3,4)/q-1;;. The molecule has 0 saturated carbocycles. The van der Waals surface area contributed by atoms with Crippen molar-refractivity contribution in [2.75, 3.05) is 0 Å². The smallest absolute Gasteiger partial charge is 0.340 e. The first-order valence-electron chi connectivity index (χ1n) is 4.42. The fraction of sp³-hybridized carbons (Fsp3) is 0.875. The Hall–Kier alpha value is 0.604. The molecule has 0 aliphatic heterocycles. The van der Waals surface area contributed by atoms with E-state index < -0.39 is 7.82 Å². The number of hydrogen-bond donors (Lipinski definition) is 3. The zero-order valence-electron chi connectivity index (χ0n) is 8.63. The van der Waals surface area contributed by atoms with E-state index in [0.29, 0.717) is 5.92 Å². The van der Waals surface area contributed by atoms with Crippen LogP contribution in [0.2, 0.25) is 0 Å². The third kappa shape index (κ3) is 38.9. The van der Waals surface area contributed by atoms with Crippen LogP contribution in [0.15, 0.2) is 0 Å². The Bertz CT molecular complexity index is 140. The van der Waals surface area contributed by atoms with Crippen molar-refractivity contribution in [2.45, 2.75) is 39.5 Å². The van der Waals surface area contributed by atoms with Crippen molar-refractivity contribution in [1.29, 1.82) is 0 Å². The molecule has 0 aliphatic carbocycles. The molecule has 0 aromatic rings. The quantitative estimate of drug-likeness (QED) is 0.415. The molecule has 0 rings (SSSR count). The molecule has 92 valence electrons. The van der Waals surface area contributed by atoms with Gasteiger partial charge in [-0.1, -0.05) is 39.5 Å². The topological polar surface area (TPSA) is 77.8 Å². The van der Waals surface area contributed by atoms with Crippen LogP contribution in [-0.4, -0.2) is 14.7 Å². The van der Waals surface area contributed by atoms with Crippen LogP contribution in [0.25, 0.3) is 0 Å². The Labute approximate surface area is 96.3 Å². The van der Waals surface area contributed by atoms with E-state index in [9.17, 15) is 0 Å². The summed E-state index contributed by atoms with van der Waals surface area (Å²) in [7, 11) is -4.64. The minimum atomic E-state index is -4.64. The van der Waals surface area contributed by atoms with E-state index in [1.54, 1.807) is 0 Å². The molecular formula is C8H20NiO4P-. The van der Waals surface area contributed by atoms with Gasteiger partial charge in [0.05, 0.1) is 0 Å². The van der Waals surface area contributed by atoms with Crippen LogP contribution in [0.3, 0.4) is 0 Å². The van der Waals surface area contributed by atoms with Crippen LogP contribution in [0.5, 0.6) is 0 Å². The number of phosphoric acid groups is 1. The number of unbranched alkanes of at least 4 members (excludes halogenated alkanes) is 1. The zero-order valence-corrected chi connectivity index (χ0v) is 10.5. The first-order chi connectivity index (χ1) is 5.81. The Morgan fingerprint density at radius 3 is 1.86 bits per heavy atom. The van der Waals surface area contributed by atoms with Gasteiger partial charge in [-0.3, -0.25) is 0 Å². The summed E-state index contributed by atoms with van der Waals surface area (Å²) in [5.41, 5.74) is 0. The summed E-state index contributed by atoms with van der Waals surface area (Å²) in [6.07, 6.45) is 5.21. The van der Waals surface area contributed by atoms with Crippen LogP contribution in [0.4, 0.5) is 0 Å². The van der Waals surface area contributed by atoms with Crippen LogP contribution in [-0.2, 0) is 21.1 Å². The van der Waals surface area contributed by atoms with Crippen molar-refractivity contribution >= 4 is 7.82 Å². The maximum absolute atomic E-state index is 8.88. The molecule has 0 radical (unpaired) electrons. The SMILES string of the molecule is O=P(O)(O)O.[CH2-]C(CC)CCCC.[Ni]. The number of rotatable bonds is 4. The molecule has 0 aromatic carbocycles. The maximum Gasteiger partial charge on any atom is 0.466 e. The Kier molecular flexibility index (Phi) is 16.7. The summed E-state index contributed by atoms with van der Waals surface area (Å²) < 4.78 is 8.88. The molecule has 6 heteroatoms. The minimum Gasteiger partial charge on any atom is -0.340 e. The van der Waals surface area contributed by atoms with Gasteiger partial charge in [0.2, 0.25) is 0 Å². The molecule has 1 unspecified atom stereocenters. The van der Waals surface area contributed by atoms with Gasteiger partial charge in [-0.05, 0) is 0 Å². The molecule has 14 heavy (non-hydrogen) atoms. The molecule has 3 N–H and O–H groups in total. The zero-order chi connectivity index (χ0) is 10.9. The van der Waals surface area contributed by atoms with E-state index >= 15 is 0 Å². The summed E-state index contributed by atoms with van der Waals surface area (Å²) in [4.78, 5) is 21.6. The van der Waals surface area contributed by atoms with Gasteiger partial charge in [-0.25, -0.2) is 4.57 Å². The van der Waals surface area contributed by atoms with Crippen molar-refractivity contribution in [2.24, 2.45) is 5.92 Å². The Morgan fingerprint density at radius 2 is 1.64 bits per heavy atom. The average Bonchev–Trinajstić information content (AvgIpc) is 1.97. The van der Waals surface area contributed by atoms with Gasteiger partial charge in [0.15, 0.2) is 0 Å². The second-order valence-corrected chi connectivity index (χ2v) is 3.96. The fourth-order valence-corrected chi connectivity index (χ4v) is 0.697. The predicted molar refractivity (Wildman–Crippen MR) is 52.9 cm³/mol. The van der Waals surface area contributed by atoms with E-state index in [1.807, 2.05) is 0 Å². The molecular weight excluding hydrogens is 250 g/mol. The minimum absolute atomic E-state index is 0. The van der Waals surface area contributed by atoms with Crippen LogP contribution in [0, 0.1) is 12.8 Å². The van der Waals surface area contributed by atoms with E-state index in [4.69, 9.17) is 19.2 Å². The van der Waals surface area contributed by atoms with E-state index in [0.717, 1.165) is 0 Å². The molecule has 0 saturated heterocycles. The van der Waals surface area contributed by atoms with Crippen molar-refractivity contribution in [1.82, 2.24) is 0 Å². The van der Waals surface area contributed by atoms with Crippen molar-refractivity contribution in [3.63, 3.8) is 0 Å². The van der Waals surface area contributed by atoms with Gasteiger partial charge in [0.1, 0.15) is 0 Å². The average molecular weight is 270 g/mol. The molecule has 0 aromatic heterocycles. The van der Waals surface area contributed by atoms with E-state index in [1.165, 1.54) is 25.7 Å². The van der Waals surface area contributed by atoms with Gasteiger partial charge < -0.3 is 21.6 Å². The van der Waals surface area contributed by atoms with Crippen LogP contribution >= 0.6 is 7.82 Å². The summed E-state index contributed by atoms with van der Waals surface area (Å²) >= 11 is 0. The van der Waals surface area contributed by atoms with Gasteiger partial charge in [0, 0.05) is 16.5 Å². The molecule has 0 bridgehead atoms. The molecule has 0 amide bonds. The molecule has 0 aliphatic rings. The normalized spacial score (nSPS) is 12.1. The number of hydrogen-bond acceptors (Lipinski definition) is 1. The second kappa shape index (κ2) is 11.7. The molecule has 1 atom stereocenters. The summed E-state index contributed by atoms with van der Waals surface area (Å²) in [5.74, 6) is 0.704. The summed E-state index contributed by atoms with van der Waals surface area (Å²) in [5, 5.41) is 0. The monoisotopic (exact) mass is 269 g/mol. The van der Waals surface area contributed by atoms with Crippen LogP contribution < -0.4 is 0 Å². The summed E-state index contributed by atoms with van der Waals surface area (Å²) in [6.45, 7) is 8.42. The first kappa shape index (κ1) is 20.1. The Balaban J connectivity index is -0.000000177. The third-order valence-electron chi connectivity index (χ3n) is 1.54. The fourth-order valence-electron chi connectivity index (χ4n) is 0.697. The first-order valence-corrected chi connectivity index (χ1v) is 5.99. The predicted octanol–water partition coefficient (Wildman–Crippen LogP) is 2.11. The van der Waals surface area contributed by atoms with Crippen molar-refractivity contribution in [3.8, 4) is 0 Å². The van der Waals surface area contributed by atoms with Crippen LogP contribution in [0.1, 0.15) is 39.5 Å². The van der Waals surface area contributed by atoms with E-state index in [2.05, 4.69) is 20.8 Å². The van der Waals surface area contributed by atoms with Gasteiger partial charge in [-0.15, -0.1) is 0 Å². The summed E-state index contributed by atoms with van der Waals surface area (Å²) in [6, 6.07) is 0. The molecule has 0 spiro atoms.